The second-order valence-corrected chi connectivity index (χ2v) is 4.08. The topological polar surface area (TPSA) is 63.2 Å². The van der Waals surface area contributed by atoms with E-state index in [4.69, 9.17) is 23.7 Å². The fourth-order valence-corrected chi connectivity index (χ4v) is 1.84. The molecule has 0 aliphatic carbocycles. The van der Waals surface area contributed by atoms with Gasteiger partial charge in [-0.3, -0.25) is 0 Å². The van der Waals surface area contributed by atoms with Gasteiger partial charge < -0.3 is 23.7 Å². The average molecular weight is 282 g/mol. The summed E-state index contributed by atoms with van der Waals surface area (Å²) in [4.78, 5) is 11.3. The first-order valence-corrected chi connectivity index (χ1v) is 6.44. The monoisotopic (exact) mass is 282 g/mol. The van der Waals surface area contributed by atoms with Crippen LogP contribution in [-0.2, 0) is 19.0 Å². The standard InChI is InChI=1S/C14H18O6/c1-3-17-13(15)9-20-11-5-4-10(8-12(11)16-2)14-18-6-7-19-14/h4-5,8,14H,3,6-7,9H2,1-2H3. The number of carbonyl (C=O) groups is 1. The van der Waals surface area contributed by atoms with Crippen molar-refractivity contribution in [2.75, 3.05) is 33.5 Å². The van der Waals surface area contributed by atoms with E-state index in [0.29, 0.717) is 31.3 Å². The molecule has 110 valence electrons. The highest BCUT2D eigenvalue weighted by molar-refractivity contribution is 5.71. The van der Waals surface area contributed by atoms with Crippen molar-refractivity contribution in [1.29, 1.82) is 0 Å². The van der Waals surface area contributed by atoms with Crippen molar-refractivity contribution < 1.29 is 28.5 Å². The first-order chi connectivity index (χ1) is 9.74. The number of esters is 1. The maximum absolute atomic E-state index is 11.3. The van der Waals surface area contributed by atoms with Gasteiger partial charge in [0.1, 0.15) is 0 Å². The zero-order chi connectivity index (χ0) is 14.4. The average Bonchev–Trinajstić information content (AvgIpc) is 2.99. The summed E-state index contributed by atoms with van der Waals surface area (Å²) in [6.07, 6.45) is -0.372. The lowest BCUT2D eigenvalue weighted by Gasteiger charge is -2.14. The first-order valence-electron chi connectivity index (χ1n) is 6.44. The van der Waals surface area contributed by atoms with E-state index in [2.05, 4.69) is 0 Å². The molecule has 6 heteroatoms. The van der Waals surface area contributed by atoms with Crippen molar-refractivity contribution in [3.63, 3.8) is 0 Å². The zero-order valence-corrected chi connectivity index (χ0v) is 11.6. The predicted molar refractivity (Wildman–Crippen MR) is 69.8 cm³/mol. The van der Waals surface area contributed by atoms with Crippen LogP contribution in [0.5, 0.6) is 11.5 Å². The van der Waals surface area contributed by atoms with Gasteiger partial charge in [-0.2, -0.15) is 0 Å². The molecule has 0 spiro atoms. The van der Waals surface area contributed by atoms with Crippen molar-refractivity contribution in [3.8, 4) is 11.5 Å². The van der Waals surface area contributed by atoms with Crippen molar-refractivity contribution in [2.24, 2.45) is 0 Å². The Bertz CT molecular complexity index is 453. The molecule has 1 aromatic rings. The molecule has 1 aromatic carbocycles. The zero-order valence-electron chi connectivity index (χ0n) is 11.6. The van der Waals surface area contributed by atoms with Crippen LogP contribution in [0.25, 0.3) is 0 Å². The molecule has 0 bridgehead atoms. The number of carbonyl (C=O) groups excluding carboxylic acids is 1. The highest BCUT2D eigenvalue weighted by atomic mass is 16.7. The smallest absolute Gasteiger partial charge is 0.344 e. The van der Waals surface area contributed by atoms with Crippen molar-refractivity contribution in [3.05, 3.63) is 23.8 Å². The van der Waals surface area contributed by atoms with E-state index in [-0.39, 0.29) is 12.9 Å². The van der Waals surface area contributed by atoms with E-state index in [9.17, 15) is 4.79 Å². The summed E-state index contributed by atoms with van der Waals surface area (Å²) in [6, 6.07) is 5.31. The lowest BCUT2D eigenvalue weighted by molar-refractivity contribution is -0.145. The maximum Gasteiger partial charge on any atom is 0.344 e. The largest absolute Gasteiger partial charge is 0.493 e. The second kappa shape index (κ2) is 7.12. The SMILES string of the molecule is CCOC(=O)COc1ccc(C2OCCO2)cc1OC. The van der Waals surface area contributed by atoms with Crippen LogP contribution in [0.1, 0.15) is 18.8 Å². The van der Waals surface area contributed by atoms with Crippen molar-refractivity contribution in [2.45, 2.75) is 13.2 Å². The second-order valence-electron chi connectivity index (χ2n) is 4.08. The van der Waals surface area contributed by atoms with Gasteiger partial charge in [-0.05, 0) is 19.1 Å². The van der Waals surface area contributed by atoms with Gasteiger partial charge in [-0.25, -0.2) is 4.79 Å². The van der Waals surface area contributed by atoms with Crippen LogP contribution in [0.4, 0.5) is 0 Å². The fraction of sp³-hybridized carbons (Fsp3) is 0.500. The summed E-state index contributed by atoms with van der Waals surface area (Å²) >= 11 is 0. The maximum atomic E-state index is 11.3. The molecule has 0 radical (unpaired) electrons. The number of methoxy groups -OCH3 is 1. The van der Waals surface area contributed by atoms with Gasteiger partial charge in [0.15, 0.2) is 24.4 Å². The summed E-state index contributed by atoms with van der Waals surface area (Å²) in [5, 5.41) is 0. The van der Waals surface area contributed by atoms with Crippen LogP contribution in [0.15, 0.2) is 18.2 Å². The van der Waals surface area contributed by atoms with Gasteiger partial charge in [-0.15, -0.1) is 0 Å². The molecular weight excluding hydrogens is 264 g/mol. The number of ether oxygens (including phenoxy) is 5. The lowest BCUT2D eigenvalue weighted by Crippen LogP contribution is -2.15. The van der Waals surface area contributed by atoms with E-state index in [0.717, 1.165) is 5.56 Å². The van der Waals surface area contributed by atoms with Crippen LogP contribution in [0.2, 0.25) is 0 Å². The van der Waals surface area contributed by atoms with Crippen LogP contribution in [-0.4, -0.2) is 39.5 Å². The lowest BCUT2D eigenvalue weighted by atomic mass is 10.2. The molecule has 0 saturated carbocycles. The van der Waals surface area contributed by atoms with Crippen molar-refractivity contribution in [1.82, 2.24) is 0 Å². The Hall–Kier alpha value is -1.79. The highest BCUT2D eigenvalue weighted by Crippen LogP contribution is 2.33. The molecule has 0 aromatic heterocycles. The summed E-state index contributed by atoms with van der Waals surface area (Å²) < 4.78 is 26.3. The summed E-state index contributed by atoms with van der Waals surface area (Å²) in [5.41, 5.74) is 0.850. The number of hydrogen-bond acceptors (Lipinski definition) is 6. The van der Waals surface area contributed by atoms with Crippen LogP contribution in [0, 0.1) is 0 Å². The third kappa shape index (κ3) is 3.61. The minimum absolute atomic E-state index is 0.153. The van der Waals surface area contributed by atoms with Crippen LogP contribution in [0.3, 0.4) is 0 Å². The molecule has 1 saturated heterocycles. The Balaban J connectivity index is 2.03. The van der Waals surface area contributed by atoms with E-state index in [1.807, 2.05) is 6.07 Å². The Labute approximate surface area is 117 Å². The van der Waals surface area contributed by atoms with Gasteiger partial charge in [0, 0.05) is 5.56 Å². The number of rotatable bonds is 6. The molecule has 1 heterocycles. The summed E-state index contributed by atoms with van der Waals surface area (Å²) in [5.74, 6) is 0.578. The molecule has 0 unspecified atom stereocenters. The minimum atomic E-state index is -0.416. The Morgan fingerprint density at radius 1 is 1.30 bits per heavy atom. The van der Waals surface area contributed by atoms with Crippen LogP contribution < -0.4 is 9.47 Å². The van der Waals surface area contributed by atoms with Gasteiger partial charge in [0.05, 0.1) is 26.9 Å². The predicted octanol–water partition coefficient (Wildman–Crippen LogP) is 1.68. The van der Waals surface area contributed by atoms with E-state index in [1.165, 1.54) is 7.11 Å². The van der Waals surface area contributed by atoms with E-state index in [1.54, 1.807) is 19.1 Å². The Morgan fingerprint density at radius 2 is 2.05 bits per heavy atom. The molecule has 1 aliphatic rings. The Morgan fingerprint density at radius 3 is 2.70 bits per heavy atom. The summed E-state index contributed by atoms with van der Waals surface area (Å²) in [6.45, 7) is 3.08. The third-order valence-corrected chi connectivity index (χ3v) is 2.73. The summed E-state index contributed by atoms with van der Waals surface area (Å²) in [7, 11) is 1.53. The first kappa shape index (κ1) is 14.6. The fourth-order valence-electron chi connectivity index (χ4n) is 1.84. The number of benzene rings is 1. The molecule has 0 N–H and O–H groups in total. The van der Waals surface area contributed by atoms with Gasteiger partial charge >= 0.3 is 5.97 Å². The molecule has 2 rings (SSSR count). The molecule has 0 amide bonds. The van der Waals surface area contributed by atoms with Gasteiger partial charge in [0.2, 0.25) is 0 Å². The molecule has 1 aliphatic heterocycles. The van der Waals surface area contributed by atoms with Gasteiger partial charge in [-0.1, -0.05) is 6.07 Å². The number of hydrogen-bond donors (Lipinski definition) is 0. The molecule has 0 atom stereocenters. The Kier molecular flexibility index (Phi) is 5.20. The molecule has 1 fully saturated rings. The highest BCUT2D eigenvalue weighted by Gasteiger charge is 2.20. The van der Waals surface area contributed by atoms with Crippen molar-refractivity contribution >= 4 is 5.97 Å². The normalized spacial score (nSPS) is 15.1. The molecule has 20 heavy (non-hydrogen) atoms. The van der Waals surface area contributed by atoms with Crippen LogP contribution >= 0.6 is 0 Å². The molecular formula is C14H18O6. The quantitative estimate of drug-likeness (QED) is 0.740. The third-order valence-electron chi connectivity index (χ3n) is 2.73. The van der Waals surface area contributed by atoms with E-state index >= 15 is 0 Å². The van der Waals surface area contributed by atoms with E-state index < -0.39 is 5.97 Å². The van der Waals surface area contributed by atoms with Gasteiger partial charge in [0.25, 0.3) is 0 Å². The minimum Gasteiger partial charge on any atom is -0.493 e. The molecule has 6 nitrogen and oxygen atoms in total.